The van der Waals surface area contributed by atoms with Crippen molar-refractivity contribution < 1.29 is 4.74 Å². The fourth-order valence-corrected chi connectivity index (χ4v) is 2.25. The van der Waals surface area contributed by atoms with E-state index in [2.05, 4.69) is 25.2 Å². The Morgan fingerprint density at radius 2 is 1.86 bits per heavy atom. The number of para-hydroxylation sites is 1. The molecule has 112 valence electrons. The molecule has 0 saturated carbocycles. The molecule has 2 rings (SSSR count). The molecule has 0 fully saturated rings. The molecule has 2 nitrogen and oxygen atoms in total. The average Bonchev–Trinajstić information content (AvgIpc) is 2.49. The maximum absolute atomic E-state index is 6.14. The van der Waals surface area contributed by atoms with Crippen molar-refractivity contribution in [2.75, 3.05) is 11.9 Å². The van der Waals surface area contributed by atoms with Crippen LogP contribution in [0.1, 0.15) is 24.5 Å². The molecule has 2 aromatic rings. The van der Waals surface area contributed by atoms with Gasteiger partial charge in [-0.3, -0.25) is 0 Å². The van der Waals surface area contributed by atoms with Gasteiger partial charge in [0.2, 0.25) is 0 Å². The Kier molecular flexibility index (Phi) is 5.51. The van der Waals surface area contributed by atoms with Crippen LogP contribution >= 0.6 is 11.6 Å². The van der Waals surface area contributed by atoms with E-state index in [1.54, 1.807) is 0 Å². The monoisotopic (exact) mass is 303 g/mol. The van der Waals surface area contributed by atoms with Crippen molar-refractivity contribution in [1.82, 2.24) is 0 Å². The second-order valence-electron chi connectivity index (χ2n) is 5.26. The highest BCUT2D eigenvalue weighted by Gasteiger charge is 2.09. The Balaban J connectivity index is 1.96. The first-order valence-corrected chi connectivity index (χ1v) is 7.70. The van der Waals surface area contributed by atoms with Gasteiger partial charge in [0.25, 0.3) is 0 Å². The Bertz CT molecular complexity index is 598. The van der Waals surface area contributed by atoms with Crippen molar-refractivity contribution in [1.29, 1.82) is 0 Å². The van der Waals surface area contributed by atoms with E-state index in [9.17, 15) is 0 Å². The second kappa shape index (κ2) is 7.37. The van der Waals surface area contributed by atoms with Crippen LogP contribution in [0.5, 0.6) is 5.75 Å². The van der Waals surface area contributed by atoms with Gasteiger partial charge in [-0.05, 0) is 49.6 Å². The van der Waals surface area contributed by atoms with E-state index < -0.39 is 0 Å². The number of rotatable bonds is 6. The van der Waals surface area contributed by atoms with E-state index in [1.807, 2.05) is 43.3 Å². The first kappa shape index (κ1) is 15.7. The fourth-order valence-electron chi connectivity index (χ4n) is 2.07. The third kappa shape index (κ3) is 4.40. The van der Waals surface area contributed by atoms with Crippen LogP contribution in [0.15, 0.2) is 42.5 Å². The van der Waals surface area contributed by atoms with Gasteiger partial charge in [0.1, 0.15) is 11.9 Å². The number of hydrogen-bond donors (Lipinski definition) is 1. The first-order valence-electron chi connectivity index (χ1n) is 7.32. The number of ether oxygens (including phenoxy) is 1. The van der Waals surface area contributed by atoms with Gasteiger partial charge in [-0.25, -0.2) is 0 Å². The van der Waals surface area contributed by atoms with E-state index in [-0.39, 0.29) is 6.10 Å². The number of halogens is 1. The Labute approximate surface area is 132 Å². The number of benzene rings is 2. The van der Waals surface area contributed by atoms with Crippen LogP contribution in [0.3, 0.4) is 0 Å². The number of aryl methyl sites for hydroxylation is 2. The minimum atomic E-state index is 0.131. The predicted octanol–water partition coefficient (Wildman–Crippen LogP) is 5.23. The average molecular weight is 304 g/mol. The van der Waals surface area contributed by atoms with Crippen LogP contribution in [0.2, 0.25) is 5.02 Å². The lowest BCUT2D eigenvalue weighted by molar-refractivity contribution is 0.208. The summed E-state index contributed by atoms with van der Waals surface area (Å²) in [6.45, 7) is 6.95. The summed E-state index contributed by atoms with van der Waals surface area (Å²) in [5.41, 5.74) is 3.28. The van der Waals surface area contributed by atoms with Gasteiger partial charge in [-0.15, -0.1) is 0 Å². The summed E-state index contributed by atoms with van der Waals surface area (Å²) in [4.78, 5) is 0. The molecular formula is C18H22ClNO. The standard InChI is InChI=1S/C18H22ClNO/c1-4-16(21-18-8-6-5-7-14(18)3)12-20-15-10-9-13(2)17(19)11-15/h5-11,16,20H,4,12H2,1-3H3. The molecule has 1 atom stereocenters. The minimum absolute atomic E-state index is 0.131. The van der Waals surface area contributed by atoms with Crippen LogP contribution in [-0.4, -0.2) is 12.6 Å². The Hall–Kier alpha value is -1.67. The van der Waals surface area contributed by atoms with E-state index >= 15 is 0 Å². The van der Waals surface area contributed by atoms with Gasteiger partial charge < -0.3 is 10.1 Å². The summed E-state index contributed by atoms with van der Waals surface area (Å²) < 4.78 is 6.07. The van der Waals surface area contributed by atoms with Crippen LogP contribution in [0.4, 0.5) is 5.69 Å². The van der Waals surface area contributed by atoms with Crippen molar-refractivity contribution in [3.63, 3.8) is 0 Å². The lowest BCUT2D eigenvalue weighted by Gasteiger charge is -2.20. The summed E-state index contributed by atoms with van der Waals surface area (Å²) in [6, 6.07) is 14.1. The molecule has 0 spiro atoms. The first-order chi connectivity index (χ1) is 10.1. The highest BCUT2D eigenvalue weighted by atomic mass is 35.5. The normalized spacial score (nSPS) is 12.0. The molecule has 1 unspecified atom stereocenters. The van der Waals surface area contributed by atoms with Crippen molar-refractivity contribution in [2.24, 2.45) is 0 Å². The van der Waals surface area contributed by atoms with Crippen LogP contribution in [0, 0.1) is 13.8 Å². The highest BCUT2D eigenvalue weighted by molar-refractivity contribution is 6.31. The molecule has 0 aliphatic carbocycles. The molecule has 0 heterocycles. The topological polar surface area (TPSA) is 21.3 Å². The molecule has 21 heavy (non-hydrogen) atoms. The molecule has 0 aromatic heterocycles. The van der Waals surface area contributed by atoms with Crippen molar-refractivity contribution in [2.45, 2.75) is 33.3 Å². The number of hydrogen-bond acceptors (Lipinski definition) is 2. The molecule has 2 aromatic carbocycles. The van der Waals surface area contributed by atoms with E-state index in [1.165, 1.54) is 0 Å². The van der Waals surface area contributed by atoms with E-state index in [0.29, 0.717) is 0 Å². The molecule has 1 N–H and O–H groups in total. The van der Waals surface area contributed by atoms with Crippen molar-refractivity contribution in [3.05, 3.63) is 58.6 Å². The third-order valence-corrected chi connectivity index (χ3v) is 3.96. The quantitative estimate of drug-likeness (QED) is 0.789. The lowest BCUT2D eigenvalue weighted by Crippen LogP contribution is -2.25. The zero-order chi connectivity index (χ0) is 15.2. The van der Waals surface area contributed by atoms with Crippen molar-refractivity contribution >= 4 is 17.3 Å². The maximum atomic E-state index is 6.14. The Morgan fingerprint density at radius 1 is 1.10 bits per heavy atom. The zero-order valence-electron chi connectivity index (χ0n) is 12.8. The number of anilines is 1. The van der Waals surface area contributed by atoms with E-state index in [0.717, 1.165) is 40.6 Å². The number of nitrogens with one attached hydrogen (secondary N) is 1. The van der Waals surface area contributed by atoms with Gasteiger partial charge >= 0.3 is 0 Å². The fraction of sp³-hybridized carbons (Fsp3) is 0.333. The predicted molar refractivity (Wildman–Crippen MR) is 90.6 cm³/mol. The molecule has 3 heteroatoms. The molecule has 0 bridgehead atoms. The summed E-state index contributed by atoms with van der Waals surface area (Å²) in [6.07, 6.45) is 1.08. The molecule has 0 aliphatic rings. The van der Waals surface area contributed by atoms with Crippen molar-refractivity contribution in [3.8, 4) is 5.75 Å². The smallest absolute Gasteiger partial charge is 0.122 e. The van der Waals surface area contributed by atoms with Gasteiger partial charge in [-0.2, -0.15) is 0 Å². The third-order valence-electron chi connectivity index (χ3n) is 3.55. The molecule has 0 saturated heterocycles. The van der Waals surface area contributed by atoms with Gasteiger partial charge in [0.05, 0.1) is 6.54 Å². The van der Waals surface area contributed by atoms with E-state index in [4.69, 9.17) is 16.3 Å². The van der Waals surface area contributed by atoms with Crippen LogP contribution in [0.25, 0.3) is 0 Å². The summed E-state index contributed by atoms with van der Waals surface area (Å²) in [7, 11) is 0. The SMILES string of the molecule is CCC(CNc1ccc(C)c(Cl)c1)Oc1ccccc1C. The van der Waals surface area contributed by atoms with Gasteiger partial charge in [0, 0.05) is 10.7 Å². The molecule has 0 aliphatic heterocycles. The maximum Gasteiger partial charge on any atom is 0.122 e. The Morgan fingerprint density at radius 3 is 2.52 bits per heavy atom. The zero-order valence-corrected chi connectivity index (χ0v) is 13.6. The highest BCUT2D eigenvalue weighted by Crippen LogP contribution is 2.21. The summed E-state index contributed by atoms with van der Waals surface area (Å²) in [5.74, 6) is 0.952. The lowest BCUT2D eigenvalue weighted by atomic mass is 10.2. The molecule has 0 radical (unpaired) electrons. The molecule has 0 amide bonds. The second-order valence-corrected chi connectivity index (χ2v) is 5.67. The summed E-state index contributed by atoms with van der Waals surface area (Å²) >= 11 is 6.14. The largest absolute Gasteiger partial charge is 0.488 e. The minimum Gasteiger partial charge on any atom is -0.488 e. The summed E-state index contributed by atoms with van der Waals surface area (Å²) in [5, 5.41) is 4.18. The van der Waals surface area contributed by atoms with Gasteiger partial charge in [0.15, 0.2) is 0 Å². The van der Waals surface area contributed by atoms with Crippen LogP contribution < -0.4 is 10.1 Å². The molecular weight excluding hydrogens is 282 g/mol. The van der Waals surface area contributed by atoms with Gasteiger partial charge in [-0.1, -0.05) is 42.8 Å². The van der Waals surface area contributed by atoms with Crippen LogP contribution in [-0.2, 0) is 0 Å².